The van der Waals surface area contributed by atoms with E-state index in [4.69, 9.17) is 0 Å². The first-order valence-corrected chi connectivity index (χ1v) is 8.77. The monoisotopic (exact) mass is 370 g/mol. The van der Waals surface area contributed by atoms with Gasteiger partial charge in [0.15, 0.2) is 0 Å². The topological polar surface area (TPSA) is 99.2 Å². The summed E-state index contributed by atoms with van der Waals surface area (Å²) in [7, 11) is 3.99. The van der Waals surface area contributed by atoms with E-state index in [2.05, 4.69) is 30.8 Å². The molecule has 8 heteroatoms. The molecule has 1 heterocycles. The van der Waals surface area contributed by atoms with E-state index in [0.717, 1.165) is 18.7 Å². The number of amides is 2. The highest BCUT2D eigenvalue weighted by Gasteiger charge is 2.10. The molecule has 0 spiro atoms. The molecule has 0 aliphatic heterocycles. The fourth-order valence-electron chi connectivity index (χ4n) is 2.40. The van der Waals surface area contributed by atoms with Crippen molar-refractivity contribution in [3.05, 3.63) is 41.7 Å². The number of nitrogens with zero attached hydrogens (tertiary/aromatic N) is 3. The van der Waals surface area contributed by atoms with Crippen LogP contribution in [-0.4, -0.2) is 53.9 Å². The molecule has 0 atom stereocenters. The van der Waals surface area contributed by atoms with Crippen LogP contribution >= 0.6 is 0 Å². The first-order chi connectivity index (χ1) is 12.8. The maximum Gasteiger partial charge on any atom is 0.270 e. The molecule has 2 aromatic rings. The fourth-order valence-corrected chi connectivity index (χ4v) is 2.40. The number of aromatic nitrogens is 2. The molecule has 0 fully saturated rings. The van der Waals surface area contributed by atoms with Crippen LogP contribution in [0.2, 0.25) is 0 Å². The summed E-state index contributed by atoms with van der Waals surface area (Å²) in [5.74, 6) is 0.00277. The third-order valence-corrected chi connectivity index (χ3v) is 3.62. The second-order valence-corrected chi connectivity index (χ2v) is 6.51. The summed E-state index contributed by atoms with van der Waals surface area (Å²) in [5, 5.41) is 8.66. The summed E-state index contributed by atoms with van der Waals surface area (Å²) in [6, 6.07) is 8.82. The van der Waals surface area contributed by atoms with E-state index in [1.165, 1.54) is 6.92 Å². The van der Waals surface area contributed by atoms with Gasteiger partial charge in [0.2, 0.25) is 11.9 Å². The molecule has 0 saturated heterocycles. The molecule has 0 bridgehead atoms. The Morgan fingerprint density at radius 1 is 1.07 bits per heavy atom. The Hall–Kier alpha value is -3.00. The zero-order chi connectivity index (χ0) is 19.8. The van der Waals surface area contributed by atoms with Crippen molar-refractivity contribution in [2.24, 2.45) is 0 Å². The molecule has 144 valence electrons. The molecular formula is C19H26N6O2. The zero-order valence-corrected chi connectivity index (χ0v) is 16.2. The molecule has 27 heavy (non-hydrogen) atoms. The van der Waals surface area contributed by atoms with Gasteiger partial charge in [0.1, 0.15) is 5.69 Å². The average Bonchev–Trinajstić information content (AvgIpc) is 2.59. The van der Waals surface area contributed by atoms with E-state index in [1.807, 2.05) is 21.0 Å². The predicted molar refractivity (Wildman–Crippen MR) is 106 cm³/mol. The van der Waals surface area contributed by atoms with Crippen LogP contribution in [0.1, 0.15) is 29.5 Å². The van der Waals surface area contributed by atoms with Gasteiger partial charge < -0.3 is 20.9 Å². The Kier molecular flexibility index (Phi) is 7.25. The van der Waals surface area contributed by atoms with E-state index >= 15 is 0 Å². The number of aryl methyl sites for hydroxylation is 1. The summed E-state index contributed by atoms with van der Waals surface area (Å²) in [4.78, 5) is 34.1. The lowest BCUT2D eigenvalue weighted by Gasteiger charge is -2.11. The van der Waals surface area contributed by atoms with E-state index in [1.54, 1.807) is 30.3 Å². The molecular weight excluding hydrogens is 344 g/mol. The van der Waals surface area contributed by atoms with Crippen LogP contribution < -0.4 is 16.0 Å². The molecule has 3 N–H and O–H groups in total. The minimum absolute atomic E-state index is 0.126. The Bertz CT molecular complexity index is 789. The summed E-state index contributed by atoms with van der Waals surface area (Å²) in [6.07, 6.45) is 0.870. The molecule has 0 aliphatic rings. The molecule has 2 amide bonds. The van der Waals surface area contributed by atoms with Crippen molar-refractivity contribution in [3.8, 4) is 0 Å². The molecule has 0 unspecified atom stereocenters. The van der Waals surface area contributed by atoms with E-state index in [0.29, 0.717) is 29.6 Å². The van der Waals surface area contributed by atoms with Crippen molar-refractivity contribution in [1.29, 1.82) is 0 Å². The second-order valence-electron chi connectivity index (χ2n) is 6.51. The normalized spacial score (nSPS) is 10.6. The quantitative estimate of drug-likeness (QED) is 0.616. The van der Waals surface area contributed by atoms with Gasteiger partial charge in [-0.05, 0) is 64.3 Å². The first-order valence-electron chi connectivity index (χ1n) is 8.77. The van der Waals surface area contributed by atoms with Gasteiger partial charge in [-0.3, -0.25) is 9.59 Å². The highest BCUT2D eigenvalue weighted by molar-refractivity contribution is 5.92. The van der Waals surface area contributed by atoms with E-state index in [-0.39, 0.29) is 11.8 Å². The maximum atomic E-state index is 12.3. The minimum atomic E-state index is -0.219. The molecule has 0 aliphatic carbocycles. The molecule has 1 aromatic carbocycles. The van der Waals surface area contributed by atoms with Gasteiger partial charge in [-0.1, -0.05) is 0 Å². The lowest BCUT2D eigenvalue weighted by molar-refractivity contribution is -0.114. The SMILES string of the molecule is CC(=O)Nc1ccc(Nc2nc(C)cc(C(=O)NCCCN(C)C)n2)cc1. The number of hydrogen-bond donors (Lipinski definition) is 3. The molecule has 0 saturated carbocycles. The Balaban J connectivity index is 2.01. The van der Waals surface area contributed by atoms with Gasteiger partial charge in [-0.25, -0.2) is 9.97 Å². The lowest BCUT2D eigenvalue weighted by atomic mass is 10.2. The average molecular weight is 370 g/mol. The summed E-state index contributed by atoms with van der Waals surface area (Å²) < 4.78 is 0. The molecule has 1 aromatic heterocycles. The molecule has 8 nitrogen and oxygen atoms in total. The number of rotatable bonds is 8. The lowest BCUT2D eigenvalue weighted by Crippen LogP contribution is -2.28. The number of carbonyl (C=O) groups excluding carboxylic acids is 2. The van der Waals surface area contributed by atoms with Gasteiger partial charge in [0, 0.05) is 30.5 Å². The summed E-state index contributed by atoms with van der Waals surface area (Å²) in [5.41, 5.74) is 2.48. The van der Waals surface area contributed by atoms with Gasteiger partial charge in [-0.2, -0.15) is 0 Å². The fraction of sp³-hybridized carbons (Fsp3) is 0.368. The van der Waals surface area contributed by atoms with Crippen LogP contribution in [0.15, 0.2) is 30.3 Å². The number of hydrogen-bond acceptors (Lipinski definition) is 6. The van der Waals surface area contributed by atoms with Crippen molar-refractivity contribution in [3.63, 3.8) is 0 Å². The highest BCUT2D eigenvalue weighted by Crippen LogP contribution is 2.17. The third kappa shape index (κ3) is 7.02. The van der Waals surface area contributed by atoms with Gasteiger partial charge in [0.05, 0.1) is 0 Å². The van der Waals surface area contributed by atoms with Gasteiger partial charge in [0.25, 0.3) is 5.91 Å². The smallest absolute Gasteiger partial charge is 0.270 e. The van der Waals surface area contributed by atoms with Crippen LogP contribution in [0.25, 0.3) is 0 Å². The van der Waals surface area contributed by atoms with Crippen molar-refractivity contribution in [1.82, 2.24) is 20.2 Å². The number of carbonyl (C=O) groups is 2. The van der Waals surface area contributed by atoms with Crippen molar-refractivity contribution in [2.45, 2.75) is 20.3 Å². The molecule has 0 radical (unpaired) electrons. The zero-order valence-electron chi connectivity index (χ0n) is 16.2. The van der Waals surface area contributed by atoms with E-state index in [9.17, 15) is 9.59 Å². The van der Waals surface area contributed by atoms with E-state index < -0.39 is 0 Å². The van der Waals surface area contributed by atoms with Crippen LogP contribution in [0, 0.1) is 6.92 Å². The Morgan fingerprint density at radius 2 is 1.74 bits per heavy atom. The standard InChI is InChI=1S/C19H26N6O2/c1-13-12-17(18(27)20-10-5-11-25(3)4)24-19(21-13)23-16-8-6-15(7-9-16)22-14(2)26/h6-9,12H,5,10-11H2,1-4H3,(H,20,27)(H,22,26)(H,21,23,24). The third-order valence-electron chi connectivity index (χ3n) is 3.62. The van der Waals surface area contributed by atoms with Crippen molar-refractivity contribution >= 4 is 29.1 Å². The first kappa shape index (κ1) is 20.3. The van der Waals surface area contributed by atoms with Crippen LogP contribution in [0.4, 0.5) is 17.3 Å². The number of anilines is 3. The van der Waals surface area contributed by atoms with Crippen LogP contribution in [0.5, 0.6) is 0 Å². The summed E-state index contributed by atoms with van der Waals surface area (Å²) in [6.45, 7) is 4.77. The largest absolute Gasteiger partial charge is 0.351 e. The second kappa shape index (κ2) is 9.63. The maximum absolute atomic E-state index is 12.3. The van der Waals surface area contributed by atoms with Crippen LogP contribution in [-0.2, 0) is 4.79 Å². The number of benzene rings is 1. The van der Waals surface area contributed by atoms with Gasteiger partial charge in [-0.15, -0.1) is 0 Å². The molecule has 2 rings (SSSR count). The van der Waals surface area contributed by atoms with Crippen LogP contribution in [0.3, 0.4) is 0 Å². The minimum Gasteiger partial charge on any atom is -0.351 e. The highest BCUT2D eigenvalue weighted by atomic mass is 16.2. The van der Waals surface area contributed by atoms with Crippen molar-refractivity contribution < 1.29 is 9.59 Å². The van der Waals surface area contributed by atoms with Crippen molar-refractivity contribution in [2.75, 3.05) is 37.8 Å². The predicted octanol–water partition coefficient (Wildman–Crippen LogP) is 2.17. The van der Waals surface area contributed by atoms with Gasteiger partial charge >= 0.3 is 0 Å². The summed E-state index contributed by atoms with van der Waals surface area (Å²) >= 11 is 0. The Morgan fingerprint density at radius 3 is 2.37 bits per heavy atom. The Labute approximate surface area is 159 Å². The number of nitrogens with one attached hydrogen (secondary N) is 3.